The first kappa shape index (κ1) is 13.7. The van der Waals surface area contributed by atoms with E-state index in [1.807, 2.05) is 0 Å². The van der Waals surface area contributed by atoms with E-state index in [4.69, 9.17) is 4.74 Å². The number of carbonyl (C=O) groups excluding carboxylic acids is 1. The fraction of sp³-hybridized carbons (Fsp3) is 0.615. The molecule has 6 heteroatoms. The molecule has 0 aromatic carbocycles. The van der Waals surface area contributed by atoms with Crippen LogP contribution in [0, 0.1) is 0 Å². The van der Waals surface area contributed by atoms with Crippen LogP contribution in [0.1, 0.15) is 34.9 Å². The van der Waals surface area contributed by atoms with Crippen LogP contribution in [0.2, 0.25) is 0 Å². The van der Waals surface area contributed by atoms with Crippen LogP contribution < -0.4 is 5.32 Å². The molecule has 1 fully saturated rings. The third kappa shape index (κ3) is 3.01. The molecule has 1 aromatic rings. The van der Waals surface area contributed by atoms with E-state index in [0.29, 0.717) is 17.3 Å². The van der Waals surface area contributed by atoms with Gasteiger partial charge in [0.1, 0.15) is 17.2 Å². The Kier molecular flexibility index (Phi) is 4.31. The summed E-state index contributed by atoms with van der Waals surface area (Å²) in [7, 11) is 5.20. The summed E-state index contributed by atoms with van der Waals surface area (Å²) in [5.41, 5.74) is 0.373. The molecule has 1 aliphatic heterocycles. The van der Waals surface area contributed by atoms with Crippen molar-refractivity contribution in [2.75, 3.05) is 39.6 Å². The molecule has 2 heterocycles. The molecule has 1 unspecified atom stereocenters. The zero-order valence-corrected chi connectivity index (χ0v) is 11.6. The van der Waals surface area contributed by atoms with Gasteiger partial charge >= 0.3 is 5.97 Å². The summed E-state index contributed by atoms with van der Waals surface area (Å²) < 4.78 is 4.71. The molecular formula is C13H20N4O2. The van der Waals surface area contributed by atoms with Crippen LogP contribution in [0.25, 0.3) is 0 Å². The molecule has 19 heavy (non-hydrogen) atoms. The van der Waals surface area contributed by atoms with Crippen LogP contribution in [0.3, 0.4) is 0 Å². The van der Waals surface area contributed by atoms with Crippen LogP contribution in [0.4, 0.5) is 5.82 Å². The quantitative estimate of drug-likeness (QED) is 0.825. The minimum absolute atomic E-state index is 0.331. The maximum Gasteiger partial charge on any atom is 0.343 e. The smallest absolute Gasteiger partial charge is 0.343 e. The first-order valence-electron chi connectivity index (χ1n) is 6.47. The zero-order chi connectivity index (χ0) is 13.8. The molecule has 0 bridgehead atoms. The SMILES string of the molecule is CNc1nc(C2CCCN(C)C2)ncc1C(=O)OC. The summed E-state index contributed by atoms with van der Waals surface area (Å²) in [5.74, 6) is 1.24. The number of methoxy groups -OCH3 is 1. The highest BCUT2D eigenvalue weighted by Gasteiger charge is 2.23. The summed E-state index contributed by atoms with van der Waals surface area (Å²) in [6.45, 7) is 2.08. The lowest BCUT2D eigenvalue weighted by Gasteiger charge is -2.28. The van der Waals surface area contributed by atoms with Gasteiger partial charge in [-0.1, -0.05) is 0 Å². The van der Waals surface area contributed by atoms with Crippen molar-refractivity contribution in [1.29, 1.82) is 0 Å². The average molecular weight is 264 g/mol. The van der Waals surface area contributed by atoms with Crippen LogP contribution in [0.5, 0.6) is 0 Å². The predicted octanol–water partition coefficient (Wildman–Crippen LogP) is 1.11. The molecule has 0 spiro atoms. The highest BCUT2D eigenvalue weighted by molar-refractivity contribution is 5.94. The van der Waals surface area contributed by atoms with Gasteiger partial charge in [0.05, 0.1) is 7.11 Å². The molecule has 1 aromatic heterocycles. The number of anilines is 1. The Morgan fingerprint density at radius 2 is 2.37 bits per heavy atom. The predicted molar refractivity (Wildman–Crippen MR) is 72.4 cm³/mol. The lowest BCUT2D eigenvalue weighted by molar-refractivity contribution is 0.0601. The fourth-order valence-corrected chi connectivity index (χ4v) is 2.42. The molecule has 1 aliphatic rings. The molecule has 0 saturated carbocycles. The average Bonchev–Trinajstić information content (AvgIpc) is 2.45. The third-order valence-electron chi connectivity index (χ3n) is 3.44. The van der Waals surface area contributed by atoms with E-state index >= 15 is 0 Å². The Morgan fingerprint density at radius 3 is 3.00 bits per heavy atom. The van der Waals surface area contributed by atoms with Gasteiger partial charge in [0.25, 0.3) is 0 Å². The maximum atomic E-state index is 11.6. The lowest BCUT2D eigenvalue weighted by atomic mass is 9.97. The van der Waals surface area contributed by atoms with E-state index in [2.05, 4.69) is 27.2 Å². The van der Waals surface area contributed by atoms with Crippen LogP contribution in [0.15, 0.2) is 6.20 Å². The van der Waals surface area contributed by atoms with E-state index in [-0.39, 0.29) is 0 Å². The highest BCUT2D eigenvalue weighted by atomic mass is 16.5. The Hall–Kier alpha value is -1.69. The highest BCUT2D eigenvalue weighted by Crippen LogP contribution is 2.25. The third-order valence-corrected chi connectivity index (χ3v) is 3.44. The van der Waals surface area contributed by atoms with Gasteiger partial charge in [0, 0.05) is 25.7 Å². The van der Waals surface area contributed by atoms with Gasteiger partial charge < -0.3 is 15.0 Å². The van der Waals surface area contributed by atoms with Crippen LogP contribution in [-0.4, -0.2) is 55.1 Å². The number of hydrogen-bond acceptors (Lipinski definition) is 6. The van der Waals surface area contributed by atoms with Gasteiger partial charge in [-0.2, -0.15) is 0 Å². The molecule has 2 rings (SSSR count). The zero-order valence-electron chi connectivity index (χ0n) is 11.6. The van der Waals surface area contributed by atoms with Crippen molar-refractivity contribution in [2.45, 2.75) is 18.8 Å². The second-order valence-corrected chi connectivity index (χ2v) is 4.83. The van der Waals surface area contributed by atoms with Crippen LogP contribution in [-0.2, 0) is 4.74 Å². The molecular weight excluding hydrogens is 244 g/mol. The Morgan fingerprint density at radius 1 is 1.58 bits per heavy atom. The molecule has 1 saturated heterocycles. The molecule has 1 N–H and O–H groups in total. The largest absolute Gasteiger partial charge is 0.465 e. The number of likely N-dealkylation sites (N-methyl/N-ethyl adjacent to an activating group) is 1. The Bertz CT molecular complexity index is 464. The van der Waals surface area contributed by atoms with Gasteiger partial charge in [0.2, 0.25) is 0 Å². The van der Waals surface area contributed by atoms with Crippen molar-refractivity contribution in [2.24, 2.45) is 0 Å². The minimum atomic E-state index is -0.420. The number of nitrogens with zero attached hydrogens (tertiary/aromatic N) is 3. The Labute approximate surface area is 113 Å². The summed E-state index contributed by atoms with van der Waals surface area (Å²) in [4.78, 5) is 22.7. The fourth-order valence-electron chi connectivity index (χ4n) is 2.42. The first-order valence-corrected chi connectivity index (χ1v) is 6.47. The molecule has 104 valence electrons. The second-order valence-electron chi connectivity index (χ2n) is 4.83. The number of nitrogens with one attached hydrogen (secondary N) is 1. The lowest BCUT2D eigenvalue weighted by Crippen LogP contribution is -2.31. The molecule has 0 aliphatic carbocycles. The van der Waals surface area contributed by atoms with Crippen molar-refractivity contribution < 1.29 is 9.53 Å². The maximum absolute atomic E-state index is 11.6. The standard InChI is InChI=1S/C13H20N4O2/c1-14-12-10(13(18)19-3)7-15-11(16-12)9-5-4-6-17(2)8-9/h7,9H,4-6,8H2,1-3H3,(H,14,15,16). The first-order chi connectivity index (χ1) is 9.15. The topological polar surface area (TPSA) is 67.4 Å². The van der Waals surface area contributed by atoms with E-state index in [9.17, 15) is 4.79 Å². The second kappa shape index (κ2) is 5.97. The van der Waals surface area contributed by atoms with E-state index in [1.165, 1.54) is 7.11 Å². The van der Waals surface area contributed by atoms with E-state index in [0.717, 1.165) is 31.8 Å². The minimum Gasteiger partial charge on any atom is -0.465 e. The van der Waals surface area contributed by atoms with E-state index in [1.54, 1.807) is 13.2 Å². The molecule has 0 radical (unpaired) electrons. The van der Waals surface area contributed by atoms with Crippen molar-refractivity contribution in [3.63, 3.8) is 0 Å². The van der Waals surface area contributed by atoms with Crippen molar-refractivity contribution >= 4 is 11.8 Å². The monoisotopic (exact) mass is 264 g/mol. The number of rotatable bonds is 3. The summed E-state index contributed by atoms with van der Waals surface area (Å²) in [6, 6.07) is 0. The number of hydrogen-bond donors (Lipinski definition) is 1. The number of likely N-dealkylation sites (tertiary alicyclic amines) is 1. The van der Waals surface area contributed by atoms with Gasteiger partial charge in [-0.25, -0.2) is 14.8 Å². The number of ether oxygens (including phenoxy) is 1. The van der Waals surface area contributed by atoms with Gasteiger partial charge in [0.15, 0.2) is 0 Å². The molecule has 1 atom stereocenters. The normalized spacial score (nSPS) is 20.1. The summed E-state index contributed by atoms with van der Waals surface area (Å²) >= 11 is 0. The summed E-state index contributed by atoms with van der Waals surface area (Å²) in [6.07, 6.45) is 3.79. The van der Waals surface area contributed by atoms with Crippen molar-refractivity contribution in [1.82, 2.24) is 14.9 Å². The number of aromatic nitrogens is 2. The van der Waals surface area contributed by atoms with E-state index < -0.39 is 5.97 Å². The van der Waals surface area contributed by atoms with Gasteiger partial charge in [-0.05, 0) is 26.4 Å². The molecule has 0 amide bonds. The van der Waals surface area contributed by atoms with Crippen molar-refractivity contribution in [3.05, 3.63) is 17.6 Å². The van der Waals surface area contributed by atoms with Gasteiger partial charge in [-0.3, -0.25) is 0 Å². The van der Waals surface area contributed by atoms with Crippen LogP contribution >= 0.6 is 0 Å². The number of piperidine rings is 1. The van der Waals surface area contributed by atoms with Gasteiger partial charge in [-0.15, -0.1) is 0 Å². The Balaban J connectivity index is 2.25. The number of esters is 1. The van der Waals surface area contributed by atoms with Crippen molar-refractivity contribution in [3.8, 4) is 0 Å². The number of carbonyl (C=O) groups is 1. The summed E-state index contributed by atoms with van der Waals surface area (Å²) in [5, 5.41) is 2.94. The molecule has 6 nitrogen and oxygen atoms in total.